The molecule has 2 N–H and O–H groups in total. The second-order valence-electron chi connectivity index (χ2n) is 4.94. The van der Waals surface area contributed by atoms with Crippen molar-refractivity contribution in [3.8, 4) is 0 Å². The number of alkyl halides is 2. The van der Waals surface area contributed by atoms with Crippen molar-refractivity contribution in [1.82, 2.24) is 9.97 Å². The van der Waals surface area contributed by atoms with Crippen LogP contribution in [-0.2, 0) is 6.54 Å². The zero-order valence-electron chi connectivity index (χ0n) is 12.8. The second-order valence-corrected chi connectivity index (χ2v) is 4.94. The standard InChI is InChI=1S/C16H13F5N4/c17-10-7-24-16(25-8-10)13(22)4-11(5-14(19)20)23-6-9-2-1-3-12(18)15(9)21/h1-4,7-8,14H,5-6,22H2. The number of aliphatic imine (C=N–C) groups is 1. The van der Waals surface area contributed by atoms with Crippen LogP contribution in [0, 0.1) is 17.5 Å². The average Bonchev–Trinajstić information content (AvgIpc) is 2.56. The average molecular weight is 356 g/mol. The number of hydrogen-bond acceptors (Lipinski definition) is 4. The van der Waals surface area contributed by atoms with Crippen LogP contribution in [0.1, 0.15) is 17.8 Å². The molecule has 0 aliphatic rings. The zero-order chi connectivity index (χ0) is 18.4. The minimum absolute atomic E-state index is 0.0692. The summed E-state index contributed by atoms with van der Waals surface area (Å²) in [6.07, 6.45) is -0.645. The summed E-state index contributed by atoms with van der Waals surface area (Å²) in [6, 6.07) is 3.51. The van der Waals surface area contributed by atoms with E-state index in [2.05, 4.69) is 15.0 Å². The molecule has 0 radical (unpaired) electrons. The summed E-state index contributed by atoms with van der Waals surface area (Å²) >= 11 is 0. The smallest absolute Gasteiger partial charge is 0.244 e. The highest BCUT2D eigenvalue weighted by molar-refractivity contribution is 6.00. The first-order valence-corrected chi connectivity index (χ1v) is 7.06. The maximum absolute atomic E-state index is 13.6. The highest BCUT2D eigenvalue weighted by Crippen LogP contribution is 2.14. The number of halogens is 5. The molecule has 0 amide bonds. The van der Waals surface area contributed by atoms with Crippen molar-refractivity contribution in [3.05, 3.63) is 65.5 Å². The SMILES string of the molecule is NC(=CC(CC(F)F)=NCc1cccc(F)c1F)c1ncc(F)cn1. The first-order chi connectivity index (χ1) is 11.9. The topological polar surface area (TPSA) is 64.2 Å². The Hall–Kier alpha value is -2.84. The maximum Gasteiger partial charge on any atom is 0.244 e. The van der Waals surface area contributed by atoms with E-state index in [4.69, 9.17) is 5.73 Å². The van der Waals surface area contributed by atoms with Crippen LogP contribution in [0.25, 0.3) is 5.70 Å². The van der Waals surface area contributed by atoms with Gasteiger partial charge < -0.3 is 5.73 Å². The monoisotopic (exact) mass is 356 g/mol. The summed E-state index contributed by atoms with van der Waals surface area (Å²) in [6.45, 7) is -0.348. The fraction of sp³-hybridized carbons (Fsp3) is 0.188. The number of allylic oxidation sites excluding steroid dienone is 1. The number of hydrogen-bond donors (Lipinski definition) is 1. The summed E-state index contributed by atoms with van der Waals surface area (Å²) in [5, 5.41) is 0. The fourth-order valence-corrected chi connectivity index (χ4v) is 1.89. The molecule has 132 valence electrons. The first kappa shape index (κ1) is 18.5. The van der Waals surface area contributed by atoms with E-state index in [0.29, 0.717) is 0 Å². The largest absolute Gasteiger partial charge is 0.396 e. The van der Waals surface area contributed by atoms with Gasteiger partial charge in [0.05, 0.1) is 31.1 Å². The first-order valence-electron chi connectivity index (χ1n) is 7.06. The Balaban J connectivity index is 2.27. The van der Waals surface area contributed by atoms with E-state index in [9.17, 15) is 22.0 Å². The summed E-state index contributed by atoms with van der Waals surface area (Å²) in [5.41, 5.74) is 5.35. The molecule has 0 atom stereocenters. The zero-order valence-corrected chi connectivity index (χ0v) is 12.8. The van der Waals surface area contributed by atoms with E-state index in [1.54, 1.807) is 0 Å². The molecule has 1 aromatic heterocycles. The quantitative estimate of drug-likeness (QED) is 0.637. The molecule has 0 aliphatic carbocycles. The van der Waals surface area contributed by atoms with Crippen molar-refractivity contribution in [1.29, 1.82) is 0 Å². The lowest BCUT2D eigenvalue weighted by molar-refractivity contribution is 0.157. The Labute approximate surface area is 139 Å². The van der Waals surface area contributed by atoms with Crippen LogP contribution in [0.3, 0.4) is 0 Å². The third-order valence-corrected chi connectivity index (χ3v) is 3.05. The fourth-order valence-electron chi connectivity index (χ4n) is 1.89. The molecule has 0 unspecified atom stereocenters. The Morgan fingerprint density at radius 1 is 1.16 bits per heavy atom. The van der Waals surface area contributed by atoms with Crippen LogP contribution in [0.15, 0.2) is 41.7 Å². The molecular formula is C16H13F5N4. The van der Waals surface area contributed by atoms with Gasteiger partial charge in [0.15, 0.2) is 23.3 Å². The summed E-state index contributed by atoms with van der Waals surface area (Å²) < 4.78 is 64.9. The maximum atomic E-state index is 13.6. The normalized spacial score (nSPS) is 12.7. The van der Waals surface area contributed by atoms with Crippen LogP contribution in [-0.4, -0.2) is 22.1 Å². The molecule has 9 heteroatoms. The van der Waals surface area contributed by atoms with Gasteiger partial charge in [-0.1, -0.05) is 12.1 Å². The molecule has 0 spiro atoms. The van der Waals surface area contributed by atoms with E-state index in [1.807, 2.05) is 0 Å². The molecule has 1 aromatic carbocycles. The minimum Gasteiger partial charge on any atom is -0.396 e. The number of nitrogens with zero attached hydrogens (tertiary/aromatic N) is 3. The van der Waals surface area contributed by atoms with Crippen molar-refractivity contribution in [3.63, 3.8) is 0 Å². The molecule has 2 aromatic rings. The minimum atomic E-state index is -2.73. The van der Waals surface area contributed by atoms with Crippen molar-refractivity contribution >= 4 is 11.4 Å². The van der Waals surface area contributed by atoms with Gasteiger partial charge in [-0.3, -0.25) is 4.99 Å². The molecule has 2 rings (SSSR count). The Bertz CT molecular complexity index is 788. The molecule has 1 heterocycles. The predicted molar refractivity (Wildman–Crippen MR) is 82.3 cm³/mol. The lowest BCUT2D eigenvalue weighted by Crippen LogP contribution is -2.09. The molecule has 0 saturated heterocycles. The van der Waals surface area contributed by atoms with E-state index < -0.39 is 30.3 Å². The third kappa shape index (κ3) is 5.33. The van der Waals surface area contributed by atoms with E-state index in [-0.39, 0.29) is 29.3 Å². The number of nitrogens with two attached hydrogens (primary N) is 1. The molecule has 0 aliphatic heterocycles. The Morgan fingerprint density at radius 3 is 2.48 bits per heavy atom. The van der Waals surface area contributed by atoms with Crippen LogP contribution >= 0.6 is 0 Å². The Kier molecular flexibility index (Phi) is 6.15. The van der Waals surface area contributed by atoms with E-state index in [0.717, 1.165) is 24.5 Å². The molecule has 0 bridgehead atoms. The van der Waals surface area contributed by atoms with Crippen LogP contribution in [0.4, 0.5) is 22.0 Å². The van der Waals surface area contributed by atoms with E-state index >= 15 is 0 Å². The van der Waals surface area contributed by atoms with Gasteiger partial charge in [0.1, 0.15) is 0 Å². The number of aromatic nitrogens is 2. The molecule has 25 heavy (non-hydrogen) atoms. The van der Waals surface area contributed by atoms with Gasteiger partial charge in [0.25, 0.3) is 0 Å². The van der Waals surface area contributed by atoms with Crippen LogP contribution in [0.5, 0.6) is 0 Å². The summed E-state index contributed by atoms with van der Waals surface area (Å²) in [7, 11) is 0. The van der Waals surface area contributed by atoms with Gasteiger partial charge in [-0.25, -0.2) is 31.9 Å². The van der Waals surface area contributed by atoms with Crippen molar-refractivity contribution in [2.24, 2.45) is 10.7 Å². The highest BCUT2D eigenvalue weighted by atomic mass is 19.3. The van der Waals surface area contributed by atoms with Crippen LogP contribution in [0.2, 0.25) is 0 Å². The molecule has 0 saturated carbocycles. The van der Waals surface area contributed by atoms with Gasteiger partial charge in [-0.05, 0) is 12.1 Å². The van der Waals surface area contributed by atoms with Gasteiger partial charge in [-0.2, -0.15) is 0 Å². The van der Waals surface area contributed by atoms with Crippen molar-refractivity contribution < 1.29 is 22.0 Å². The highest BCUT2D eigenvalue weighted by Gasteiger charge is 2.11. The second kappa shape index (κ2) is 8.32. The van der Waals surface area contributed by atoms with Crippen LogP contribution < -0.4 is 5.73 Å². The third-order valence-electron chi connectivity index (χ3n) is 3.05. The van der Waals surface area contributed by atoms with E-state index in [1.165, 1.54) is 12.1 Å². The van der Waals surface area contributed by atoms with Gasteiger partial charge in [0, 0.05) is 11.3 Å². The molecule has 0 fully saturated rings. The van der Waals surface area contributed by atoms with Gasteiger partial charge >= 0.3 is 0 Å². The molecular weight excluding hydrogens is 343 g/mol. The summed E-state index contributed by atoms with van der Waals surface area (Å²) in [5.74, 6) is -2.90. The van der Waals surface area contributed by atoms with Gasteiger partial charge in [-0.15, -0.1) is 0 Å². The van der Waals surface area contributed by atoms with Crippen molar-refractivity contribution in [2.75, 3.05) is 0 Å². The lowest BCUT2D eigenvalue weighted by Gasteiger charge is -2.05. The Morgan fingerprint density at radius 2 is 1.84 bits per heavy atom. The lowest BCUT2D eigenvalue weighted by atomic mass is 10.2. The number of benzene rings is 1. The summed E-state index contributed by atoms with van der Waals surface area (Å²) in [4.78, 5) is 11.1. The van der Waals surface area contributed by atoms with Gasteiger partial charge in [0.2, 0.25) is 6.43 Å². The number of rotatable bonds is 6. The molecule has 4 nitrogen and oxygen atoms in total. The predicted octanol–water partition coefficient (Wildman–Crippen LogP) is 3.49. The van der Waals surface area contributed by atoms with Crippen molar-refractivity contribution in [2.45, 2.75) is 19.4 Å².